The first-order valence-corrected chi connectivity index (χ1v) is 15.2. The summed E-state index contributed by atoms with van der Waals surface area (Å²) in [4.78, 5) is 15.3. The van der Waals surface area contributed by atoms with Gasteiger partial charge in [0.15, 0.2) is 5.78 Å². The van der Waals surface area contributed by atoms with Gasteiger partial charge in [-0.15, -0.1) is 0 Å². The van der Waals surface area contributed by atoms with Crippen LogP contribution in [0, 0.1) is 0 Å². The number of carbonyl (C=O) groups excluding carboxylic acids is 1. The van der Waals surface area contributed by atoms with Gasteiger partial charge < -0.3 is 18.8 Å². The molecule has 0 bridgehead atoms. The number of aryl methyl sites for hydroxylation is 1. The number of aromatic nitrogens is 1. The first-order valence-electron chi connectivity index (χ1n) is 13.7. The van der Waals surface area contributed by atoms with Crippen LogP contribution in [-0.4, -0.2) is 77.3 Å². The maximum absolute atomic E-state index is 13.0. The van der Waals surface area contributed by atoms with Gasteiger partial charge in [0.1, 0.15) is 11.5 Å². The summed E-state index contributed by atoms with van der Waals surface area (Å²) < 4.78 is 46.8. The van der Waals surface area contributed by atoms with Crippen LogP contribution in [0.3, 0.4) is 0 Å². The van der Waals surface area contributed by atoms with Crippen LogP contribution in [-0.2, 0) is 21.8 Å². The summed E-state index contributed by atoms with van der Waals surface area (Å²) in [6.45, 7) is 3.82. The van der Waals surface area contributed by atoms with E-state index in [1.165, 1.54) is 30.3 Å². The second-order valence-corrected chi connectivity index (χ2v) is 11.8. The van der Waals surface area contributed by atoms with Crippen molar-refractivity contribution in [2.24, 2.45) is 7.05 Å². The van der Waals surface area contributed by atoms with Crippen molar-refractivity contribution >= 4 is 32.8 Å². The van der Waals surface area contributed by atoms with E-state index in [-0.39, 0.29) is 10.7 Å². The highest BCUT2D eigenvalue weighted by molar-refractivity contribution is 7.89. The van der Waals surface area contributed by atoms with Gasteiger partial charge >= 0.3 is 0 Å². The molecular formula is C32H35N3O6S. The number of nitrogens with zero attached hydrogens (tertiary/aromatic N) is 2. The average Bonchev–Trinajstić information content (AvgIpc) is 3.35. The lowest BCUT2D eigenvalue weighted by molar-refractivity contribution is 0.0390. The third-order valence-electron chi connectivity index (χ3n) is 7.47. The topological polar surface area (TPSA) is 99.1 Å². The number of ether oxygens (including phenoxy) is 3. The monoisotopic (exact) mass is 589 g/mol. The number of methoxy groups -OCH3 is 2. The van der Waals surface area contributed by atoms with E-state index in [0.717, 1.165) is 35.2 Å². The molecule has 0 unspecified atom stereocenters. The smallest absolute Gasteiger partial charge is 0.240 e. The van der Waals surface area contributed by atoms with E-state index in [9.17, 15) is 13.2 Å². The number of para-hydroxylation sites is 1. The van der Waals surface area contributed by atoms with Gasteiger partial charge in [0.05, 0.1) is 38.0 Å². The lowest BCUT2D eigenvalue weighted by Gasteiger charge is -2.26. The number of allylic oxidation sites excluding steroid dienone is 1. The number of carbonyl (C=O) groups is 1. The summed E-state index contributed by atoms with van der Waals surface area (Å²) in [6.07, 6.45) is 3.16. The maximum atomic E-state index is 13.0. The van der Waals surface area contributed by atoms with Crippen molar-refractivity contribution < 1.29 is 27.4 Å². The molecule has 4 aromatic rings. The van der Waals surface area contributed by atoms with Crippen LogP contribution in [0.1, 0.15) is 15.9 Å². The molecule has 5 rings (SSSR count). The fourth-order valence-corrected chi connectivity index (χ4v) is 6.13. The zero-order valence-corrected chi connectivity index (χ0v) is 24.8. The molecule has 9 nitrogen and oxygen atoms in total. The molecule has 10 heteroatoms. The Kier molecular flexibility index (Phi) is 9.08. The molecule has 0 aliphatic carbocycles. The van der Waals surface area contributed by atoms with Crippen molar-refractivity contribution in [2.75, 3.05) is 53.6 Å². The number of hydrogen-bond donors (Lipinski definition) is 1. The minimum absolute atomic E-state index is 0.112. The third-order valence-corrected chi connectivity index (χ3v) is 8.94. The molecule has 1 aromatic heterocycles. The lowest BCUT2D eigenvalue weighted by Crippen LogP contribution is -2.41. The number of benzene rings is 3. The van der Waals surface area contributed by atoms with Crippen LogP contribution in [0.2, 0.25) is 0 Å². The molecule has 1 N–H and O–H groups in total. The second-order valence-electron chi connectivity index (χ2n) is 10.0. The highest BCUT2D eigenvalue weighted by Crippen LogP contribution is 2.38. The van der Waals surface area contributed by atoms with E-state index < -0.39 is 10.0 Å². The van der Waals surface area contributed by atoms with Gasteiger partial charge in [0.25, 0.3) is 0 Å². The molecule has 1 saturated heterocycles. The standard InChI is InChI=1S/C32H35N3O6S/c1-34-28-7-5-4-6-24(28)21-29(34)27-20-25(31(39-2)22-32(27)40-3)10-13-30(36)23-8-11-26(12-9-23)42(37,38)33-14-15-35-16-18-41-19-17-35/h4-13,20-22,33H,14-19H2,1-3H3/b13-10+. The molecule has 2 heterocycles. The van der Waals surface area contributed by atoms with E-state index in [1.54, 1.807) is 20.3 Å². The Bertz CT molecular complexity index is 1700. The Labute approximate surface area is 246 Å². The maximum Gasteiger partial charge on any atom is 0.240 e. The molecule has 0 amide bonds. The van der Waals surface area contributed by atoms with Gasteiger partial charge in [-0.05, 0) is 54.6 Å². The van der Waals surface area contributed by atoms with Crippen LogP contribution in [0.15, 0.2) is 77.7 Å². The number of ketones is 1. The summed E-state index contributed by atoms with van der Waals surface area (Å²) in [5.41, 5.74) is 4.00. The number of nitrogens with one attached hydrogen (secondary N) is 1. The number of sulfonamides is 1. The largest absolute Gasteiger partial charge is 0.496 e. The van der Waals surface area contributed by atoms with E-state index in [0.29, 0.717) is 48.9 Å². The Morgan fingerprint density at radius 1 is 0.976 bits per heavy atom. The van der Waals surface area contributed by atoms with Gasteiger partial charge in [-0.2, -0.15) is 0 Å². The summed E-state index contributed by atoms with van der Waals surface area (Å²) in [5, 5.41) is 1.11. The van der Waals surface area contributed by atoms with Crippen LogP contribution in [0.25, 0.3) is 28.2 Å². The average molecular weight is 590 g/mol. The molecule has 0 atom stereocenters. The van der Waals surface area contributed by atoms with E-state index >= 15 is 0 Å². The van der Waals surface area contributed by atoms with Gasteiger partial charge in [-0.1, -0.05) is 18.2 Å². The summed E-state index contributed by atoms with van der Waals surface area (Å²) in [6, 6.07) is 19.9. The molecule has 220 valence electrons. The van der Waals surface area contributed by atoms with Crippen molar-refractivity contribution in [3.8, 4) is 22.8 Å². The second kappa shape index (κ2) is 12.9. The molecule has 1 aliphatic heterocycles. The van der Waals surface area contributed by atoms with Gasteiger partial charge in [0.2, 0.25) is 10.0 Å². The SMILES string of the molecule is COc1cc(OC)c(-c2cc3ccccc3n2C)cc1/C=C/C(=O)c1ccc(S(=O)(=O)NCCN2CCOCC2)cc1. The summed E-state index contributed by atoms with van der Waals surface area (Å²) in [5.74, 6) is 0.947. The minimum Gasteiger partial charge on any atom is -0.496 e. The Morgan fingerprint density at radius 3 is 2.38 bits per heavy atom. The summed E-state index contributed by atoms with van der Waals surface area (Å²) in [7, 11) is 1.50. The molecule has 0 radical (unpaired) electrons. The third kappa shape index (κ3) is 6.42. The molecular weight excluding hydrogens is 554 g/mol. The highest BCUT2D eigenvalue weighted by Gasteiger charge is 2.18. The first kappa shape index (κ1) is 29.5. The van der Waals surface area contributed by atoms with Gasteiger partial charge in [-0.3, -0.25) is 9.69 Å². The van der Waals surface area contributed by atoms with Crippen LogP contribution in [0.5, 0.6) is 11.5 Å². The molecule has 1 aliphatic rings. The molecule has 3 aromatic carbocycles. The van der Waals surface area contributed by atoms with Crippen molar-refractivity contribution in [3.05, 3.63) is 83.9 Å². The molecule has 0 spiro atoms. The normalized spacial score (nSPS) is 14.5. The Morgan fingerprint density at radius 2 is 1.69 bits per heavy atom. The fourth-order valence-electron chi connectivity index (χ4n) is 5.11. The molecule has 0 saturated carbocycles. The number of fused-ring (bicyclic) bond motifs is 1. The van der Waals surface area contributed by atoms with Crippen molar-refractivity contribution in [2.45, 2.75) is 4.90 Å². The Balaban J connectivity index is 1.33. The predicted octanol–water partition coefficient (Wildman–Crippen LogP) is 4.37. The van der Waals surface area contributed by atoms with E-state index in [2.05, 4.69) is 32.4 Å². The van der Waals surface area contributed by atoms with Gasteiger partial charge in [-0.25, -0.2) is 13.1 Å². The first-order chi connectivity index (χ1) is 20.3. The minimum atomic E-state index is -3.69. The van der Waals surface area contributed by atoms with Crippen molar-refractivity contribution in [1.29, 1.82) is 0 Å². The zero-order chi connectivity index (χ0) is 29.7. The summed E-state index contributed by atoms with van der Waals surface area (Å²) >= 11 is 0. The number of morpholine rings is 1. The van der Waals surface area contributed by atoms with E-state index in [4.69, 9.17) is 14.2 Å². The van der Waals surface area contributed by atoms with Gasteiger partial charge in [0, 0.05) is 66.9 Å². The fraction of sp³-hybridized carbons (Fsp3) is 0.281. The zero-order valence-electron chi connectivity index (χ0n) is 24.0. The molecule has 1 fully saturated rings. The predicted molar refractivity (Wildman–Crippen MR) is 164 cm³/mol. The van der Waals surface area contributed by atoms with Crippen molar-refractivity contribution in [3.63, 3.8) is 0 Å². The number of hydrogen-bond acceptors (Lipinski definition) is 7. The quantitative estimate of drug-likeness (QED) is 0.205. The molecule has 42 heavy (non-hydrogen) atoms. The Hall–Kier alpha value is -3.96. The number of rotatable bonds is 11. The van der Waals surface area contributed by atoms with Crippen LogP contribution >= 0.6 is 0 Å². The van der Waals surface area contributed by atoms with Crippen molar-refractivity contribution in [1.82, 2.24) is 14.2 Å². The highest BCUT2D eigenvalue weighted by atomic mass is 32.2. The van der Waals surface area contributed by atoms with E-state index in [1.807, 2.05) is 31.3 Å². The van der Waals surface area contributed by atoms with Crippen LogP contribution in [0.4, 0.5) is 0 Å². The lowest BCUT2D eigenvalue weighted by atomic mass is 10.0. The van der Waals surface area contributed by atoms with Crippen LogP contribution < -0.4 is 14.2 Å².